The lowest BCUT2D eigenvalue weighted by Gasteiger charge is -2.22. The van der Waals surface area contributed by atoms with E-state index in [0.717, 1.165) is 28.0 Å². The van der Waals surface area contributed by atoms with E-state index in [9.17, 15) is 19.7 Å². The fourth-order valence-corrected chi connectivity index (χ4v) is 2.57. The highest BCUT2D eigenvalue weighted by molar-refractivity contribution is 5.93. The van der Waals surface area contributed by atoms with Crippen LogP contribution in [0.3, 0.4) is 0 Å². The largest absolute Gasteiger partial charge is 0.311 e. The summed E-state index contributed by atoms with van der Waals surface area (Å²) < 4.78 is 1.14. The first kappa shape index (κ1) is 17.4. The fourth-order valence-electron chi connectivity index (χ4n) is 2.57. The van der Waals surface area contributed by atoms with Crippen molar-refractivity contribution in [1.29, 1.82) is 0 Å². The van der Waals surface area contributed by atoms with Crippen molar-refractivity contribution >= 4 is 17.3 Å². The number of aromatic nitrogens is 1. The van der Waals surface area contributed by atoms with Gasteiger partial charge in [-0.1, -0.05) is 12.1 Å². The van der Waals surface area contributed by atoms with E-state index in [0.29, 0.717) is 6.54 Å². The van der Waals surface area contributed by atoms with Gasteiger partial charge in [0, 0.05) is 24.4 Å². The Bertz CT molecular complexity index is 842. The number of rotatable bonds is 5. The highest BCUT2D eigenvalue weighted by atomic mass is 16.6. The Morgan fingerprint density at radius 3 is 2.54 bits per heavy atom. The molecule has 2 aromatic rings. The third kappa shape index (κ3) is 3.51. The Labute approximate surface area is 139 Å². The molecular weight excluding hydrogens is 310 g/mol. The van der Waals surface area contributed by atoms with E-state index in [1.807, 2.05) is 38.1 Å². The van der Waals surface area contributed by atoms with Crippen LogP contribution in [0.15, 0.2) is 41.2 Å². The number of pyridine rings is 1. The SMILES string of the molecule is CCN(C(=O)Cn1c(C)c([N+](=O)[O-])ccc1=O)c1cccc(C)c1. The average molecular weight is 329 g/mol. The van der Waals surface area contributed by atoms with E-state index in [-0.39, 0.29) is 23.8 Å². The second-order valence-corrected chi connectivity index (χ2v) is 5.46. The van der Waals surface area contributed by atoms with Gasteiger partial charge < -0.3 is 4.90 Å². The molecule has 7 heteroatoms. The van der Waals surface area contributed by atoms with Gasteiger partial charge in [-0.3, -0.25) is 24.3 Å². The number of hydrogen-bond acceptors (Lipinski definition) is 4. The third-order valence-corrected chi connectivity index (χ3v) is 3.85. The maximum atomic E-state index is 12.6. The number of aryl methyl sites for hydroxylation is 1. The number of hydrogen-bond donors (Lipinski definition) is 0. The summed E-state index contributed by atoms with van der Waals surface area (Å²) in [5.74, 6) is -0.297. The molecule has 0 aliphatic rings. The molecule has 0 aliphatic heterocycles. The van der Waals surface area contributed by atoms with E-state index in [1.165, 1.54) is 6.92 Å². The monoisotopic (exact) mass is 329 g/mol. The van der Waals surface area contributed by atoms with E-state index < -0.39 is 10.5 Å². The lowest BCUT2D eigenvalue weighted by Crippen LogP contribution is -2.37. The van der Waals surface area contributed by atoms with E-state index in [2.05, 4.69) is 0 Å². The highest BCUT2D eigenvalue weighted by Crippen LogP contribution is 2.18. The van der Waals surface area contributed by atoms with E-state index >= 15 is 0 Å². The quantitative estimate of drug-likeness (QED) is 0.623. The maximum Gasteiger partial charge on any atom is 0.288 e. The Morgan fingerprint density at radius 1 is 1.25 bits per heavy atom. The summed E-state index contributed by atoms with van der Waals surface area (Å²) in [6, 6.07) is 9.75. The lowest BCUT2D eigenvalue weighted by atomic mass is 10.2. The molecule has 1 heterocycles. The van der Waals surface area contributed by atoms with Crippen molar-refractivity contribution < 1.29 is 9.72 Å². The minimum Gasteiger partial charge on any atom is -0.311 e. The molecule has 0 bridgehead atoms. The van der Waals surface area contributed by atoms with Crippen LogP contribution in [0.2, 0.25) is 0 Å². The topological polar surface area (TPSA) is 85.4 Å². The molecule has 1 aromatic carbocycles. The van der Waals surface area contributed by atoms with Crippen molar-refractivity contribution in [2.24, 2.45) is 0 Å². The number of likely N-dealkylation sites (N-methyl/N-ethyl adjacent to an activating group) is 1. The van der Waals surface area contributed by atoms with Crippen molar-refractivity contribution in [3.8, 4) is 0 Å². The molecule has 0 aliphatic carbocycles. The summed E-state index contributed by atoms with van der Waals surface area (Å²) >= 11 is 0. The number of anilines is 1. The van der Waals surface area contributed by atoms with Crippen molar-refractivity contribution in [3.63, 3.8) is 0 Å². The lowest BCUT2D eigenvalue weighted by molar-refractivity contribution is -0.386. The minimum absolute atomic E-state index is 0.168. The van der Waals surface area contributed by atoms with Crippen LogP contribution in [0.4, 0.5) is 11.4 Å². The number of nitro groups is 1. The molecule has 2 rings (SSSR count). The first-order valence-corrected chi connectivity index (χ1v) is 7.57. The predicted octanol–water partition coefficient (Wildman–Crippen LogP) is 2.43. The van der Waals surface area contributed by atoms with Gasteiger partial charge in [-0.15, -0.1) is 0 Å². The Kier molecular flexibility index (Phi) is 5.13. The van der Waals surface area contributed by atoms with Gasteiger partial charge in [0.15, 0.2) is 0 Å². The van der Waals surface area contributed by atoms with Crippen LogP contribution in [0.25, 0.3) is 0 Å². The van der Waals surface area contributed by atoms with Crippen molar-refractivity contribution in [1.82, 2.24) is 4.57 Å². The minimum atomic E-state index is -0.562. The van der Waals surface area contributed by atoms with Crippen molar-refractivity contribution in [2.75, 3.05) is 11.4 Å². The smallest absolute Gasteiger partial charge is 0.288 e. The van der Waals surface area contributed by atoms with Crippen LogP contribution < -0.4 is 10.5 Å². The number of carbonyl (C=O) groups excluding carboxylic acids is 1. The van der Waals surface area contributed by atoms with Gasteiger partial charge in [0.2, 0.25) is 5.91 Å². The summed E-state index contributed by atoms with van der Waals surface area (Å²) in [7, 11) is 0. The maximum absolute atomic E-state index is 12.6. The van der Waals surface area contributed by atoms with Gasteiger partial charge in [-0.05, 0) is 38.5 Å². The van der Waals surface area contributed by atoms with E-state index in [1.54, 1.807) is 4.90 Å². The Balaban J connectivity index is 2.36. The number of benzene rings is 1. The normalized spacial score (nSPS) is 10.5. The molecule has 0 unspecified atom stereocenters. The molecule has 0 atom stereocenters. The summed E-state index contributed by atoms with van der Waals surface area (Å²) in [6.07, 6.45) is 0. The summed E-state index contributed by atoms with van der Waals surface area (Å²) in [5, 5.41) is 11.0. The summed E-state index contributed by atoms with van der Waals surface area (Å²) in [4.78, 5) is 36.7. The third-order valence-electron chi connectivity index (χ3n) is 3.85. The van der Waals surface area contributed by atoms with Crippen LogP contribution in [-0.2, 0) is 11.3 Å². The molecule has 0 saturated carbocycles. The molecule has 24 heavy (non-hydrogen) atoms. The van der Waals surface area contributed by atoms with Crippen LogP contribution in [0, 0.1) is 24.0 Å². The number of amides is 1. The molecule has 0 saturated heterocycles. The van der Waals surface area contributed by atoms with E-state index in [4.69, 9.17) is 0 Å². The molecule has 7 nitrogen and oxygen atoms in total. The summed E-state index contributed by atoms with van der Waals surface area (Å²) in [5.41, 5.74) is 1.30. The van der Waals surface area contributed by atoms with Gasteiger partial charge >= 0.3 is 0 Å². The predicted molar refractivity (Wildman–Crippen MR) is 91.3 cm³/mol. The van der Waals surface area contributed by atoms with Crippen LogP contribution in [0.1, 0.15) is 18.2 Å². The zero-order valence-corrected chi connectivity index (χ0v) is 13.9. The molecule has 1 amide bonds. The van der Waals surface area contributed by atoms with Gasteiger partial charge in [0.1, 0.15) is 6.54 Å². The molecular formula is C17H19N3O4. The van der Waals surface area contributed by atoms with Crippen molar-refractivity contribution in [3.05, 3.63) is 68.1 Å². The van der Waals surface area contributed by atoms with Crippen LogP contribution in [0.5, 0.6) is 0 Å². The van der Waals surface area contributed by atoms with Crippen LogP contribution >= 0.6 is 0 Å². The van der Waals surface area contributed by atoms with Gasteiger partial charge in [-0.2, -0.15) is 0 Å². The first-order valence-electron chi connectivity index (χ1n) is 7.57. The highest BCUT2D eigenvalue weighted by Gasteiger charge is 2.20. The molecule has 1 aromatic heterocycles. The van der Waals surface area contributed by atoms with Crippen molar-refractivity contribution in [2.45, 2.75) is 27.3 Å². The Morgan fingerprint density at radius 2 is 1.96 bits per heavy atom. The second-order valence-electron chi connectivity index (χ2n) is 5.46. The molecule has 126 valence electrons. The fraction of sp³-hybridized carbons (Fsp3) is 0.294. The van der Waals surface area contributed by atoms with Gasteiger partial charge in [0.25, 0.3) is 11.2 Å². The zero-order chi connectivity index (χ0) is 17.9. The Hall–Kier alpha value is -2.96. The number of nitrogens with zero attached hydrogens (tertiary/aromatic N) is 3. The molecule has 0 fully saturated rings. The average Bonchev–Trinajstić information content (AvgIpc) is 2.52. The molecule has 0 radical (unpaired) electrons. The van der Waals surface area contributed by atoms with Gasteiger partial charge in [-0.25, -0.2) is 0 Å². The molecule has 0 N–H and O–H groups in total. The van der Waals surface area contributed by atoms with Crippen LogP contribution in [-0.4, -0.2) is 21.9 Å². The zero-order valence-electron chi connectivity index (χ0n) is 13.9. The number of carbonyl (C=O) groups is 1. The van der Waals surface area contributed by atoms with Gasteiger partial charge in [0.05, 0.1) is 10.6 Å². The summed E-state index contributed by atoms with van der Waals surface area (Å²) in [6.45, 7) is 5.43. The first-order chi connectivity index (χ1) is 11.3. The standard InChI is InChI=1S/C17H19N3O4/c1-4-18(14-7-5-6-12(2)10-14)17(22)11-19-13(3)15(20(23)24)8-9-16(19)21/h5-10H,4,11H2,1-3H3. The molecule has 0 spiro atoms. The second kappa shape index (κ2) is 7.08.